The maximum Gasteiger partial charge on any atom is 0.416 e. The Hall–Kier alpha value is -2.71. The molecule has 27 heavy (non-hydrogen) atoms. The van der Waals surface area contributed by atoms with Crippen LogP contribution in [0.4, 0.5) is 24.5 Å². The number of nitrogens with one attached hydrogen (secondary N) is 2. The normalized spacial score (nSPS) is 9.93. The first kappa shape index (κ1) is 22.3. The molecule has 0 aliphatic rings. The summed E-state index contributed by atoms with van der Waals surface area (Å²) in [5.41, 5.74) is 5.04. The molecular formula is C19H15F3N3OW-. The number of alkyl halides is 3. The number of nitrogens with zero attached hydrogens (tertiary/aromatic N) is 1. The second-order valence-corrected chi connectivity index (χ2v) is 5.04. The fourth-order valence-corrected chi connectivity index (χ4v) is 2.06. The van der Waals surface area contributed by atoms with E-state index in [0.29, 0.717) is 22.5 Å². The second-order valence-electron chi connectivity index (χ2n) is 5.04. The molecule has 2 N–H and O–H groups in total. The molecule has 0 radical (unpaired) electrons. The second kappa shape index (κ2) is 9.84. The Bertz CT molecular complexity index is 868. The molecule has 4 nitrogen and oxygen atoms in total. The van der Waals surface area contributed by atoms with Gasteiger partial charge in [0.15, 0.2) is 0 Å². The van der Waals surface area contributed by atoms with Crippen molar-refractivity contribution in [1.82, 2.24) is 0 Å². The van der Waals surface area contributed by atoms with Gasteiger partial charge in [-0.3, -0.25) is 5.41 Å². The quantitative estimate of drug-likeness (QED) is 0.235. The van der Waals surface area contributed by atoms with E-state index in [0.717, 1.165) is 12.1 Å². The van der Waals surface area contributed by atoms with Crippen LogP contribution in [0.3, 0.4) is 0 Å². The molecule has 2 aromatic carbocycles. The third kappa shape index (κ3) is 6.19. The van der Waals surface area contributed by atoms with Crippen molar-refractivity contribution in [2.45, 2.75) is 6.18 Å². The van der Waals surface area contributed by atoms with Gasteiger partial charge in [-0.15, -0.1) is 5.69 Å². The minimum Gasteiger partial charge on any atom is -0.563 e. The number of halogens is 3. The first-order chi connectivity index (χ1) is 12.3. The van der Waals surface area contributed by atoms with Crippen LogP contribution in [0.1, 0.15) is 16.7 Å². The maximum atomic E-state index is 12.6. The molecule has 140 valence electrons. The van der Waals surface area contributed by atoms with Crippen molar-refractivity contribution >= 4 is 17.1 Å². The smallest absolute Gasteiger partial charge is 0.416 e. The van der Waals surface area contributed by atoms with E-state index < -0.39 is 11.7 Å². The molecular weight excluding hydrogens is 527 g/mol. The third-order valence-electron chi connectivity index (χ3n) is 3.32. The topological polar surface area (TPSA) is 59.2 Å². The Morgan fingerprint density at radius 3 is 2.44 bits per heavy atom. The molecule has 0 unspecified atom stereocenters. The first-order valence-electron chi connectivity index (χ1n) is 7.43. The zero-order valence-electron chi connectivity index (χ0n) is 14.2. The Morgan fingerprint density at radius 2 is 1.89 bits per heavy atom. The van der Waals surface area contributed by atoms with Gasteiger partial charge >= 0.3 is 6.18 Å². The molecule has 2 rings (SSSR count). The minimum absolute atomic E-state index is 0. The van der Waals surface area contributed by atoms with Crippen molar-refractivity contribution in [3.8, 4) is 11.8 Å². The van der Waals surface area contributed by atoms with Crippen LogP contribution in [0.15, 0.2) is 55.3 Å². The van der Waals surface area contributed by atoms with Crippen LogP contribution in [0.25, 0.3) is 5.48 Å². The van der Waals surface area contributed by atoms with E-state index >= 15 is 0 Å². The summed E-state index contributed by atoms with van der Waals surface area (Å²) in [5, 5.41) is 11.1. The van der Waals surface area contributed by atoms with Gasteiger partial charge in [-0.1, -0.05) is 24.6 Å². The van der Waals surface area contributed by atoms with E-state index in [-0.39, 0.29) is 26.8 Å². The van der Waals surface area contributed by atoms with E-state index in [1.165, 1.54) is 18.4 Å². The van der Waals surface area contributed by atoms with Crippen molar-refractivity contribution in [2.75, 3.05) is 12.4 Å². The average molecular weight is 542 g/mol. The zero-order chi connectivity index (χ0) is 19.2. The van der Waals surface area contributed by atoms with Crippen molar-refractivity contribution in [2.24, 2.45) is 0 Å². The molecule has 0 atom stereocenters. The molecule has 0 saturated heterocycles. The SMILES string of the molecule is C=CO[N-]c1ccc(NC)c(C(=N)C#Cc2ccc(C(F)(F)F)cc2)c1.[W]. The van der Waals surface area contributed by atoms with Crippen molar-refractivity contribution in [3.63, 3.8) is 0 Å². The molecule has 0 aliphatic carbocycles. The van der Waals surface area contributed by atoms with Crippen LogP contribution >= 0.6 is 0 Å². The van der Waals surface area contributed by atoms with Crippen LogP contribution in [-0.4, -0.2) is 12.8 Å². The number of hydrogen-bond acceptors (Lipinski definition) is 3. The average Bonchev–Trinajstić information content (AvgIpc) is 2.63. The molecule has 8 heteroatoms. The van der Waals surface area contributed by atoms with Gasteiger partial charge in [0.25, 0.3) is 0 Å². The van der Waals surface area contributed by atoms with E-state index in [4.69, 9.17) is 10.2 Å². The van der Waals surface area contributed by atoms with Crippen LogP contribution in [-0.2, 0) is 32.1 Å². The molecule has 0 aliphatic heterocycles. The van der Waals surface area contributed by atoms with Crippen molar-refractivity contribution in [1.29, 1.82) is 5.41 Å². The van der Waals surface area contributed by atoms with E-state index in [1.807, 2.05) is 0 Å². The summed E-state index contributed by atoms with van der Waals surface area (Å²) in [6.07, 6.45) is -3.22. The fourth-order valence-electron chi connectivity index (χ4n) is 2.06. The van der Waals surface area contributed by atoms with Gasteiger partial charge in [0.2, 0.25) is 0 Å². The molecule has 0 heterocycles. The molecule has 0 aromatic heterocycles. The summed E-state index contributed by atoms with van der Waals surface area (Å²) in [4.78, 5) is 4.77. The standard InChI is InChI=1S/C19H15F3N3O.W/c1-3-26-25-15-9-11-18(24-2)16(12-15)17(23)10-6-13-4-7-14(8-5-13)19(20,21)22;/h3-5,7-9,11-12,23-24H,1H2,2H3;/q-1;. The van der Waals surface area contributed by atoms with Crippen LogP contribution in [0.5, 0.6) is 0 Å². The Kier molecular flexibility index (Phi) is 8.14. The fraction of sp³-hybridized carbons (Fsp3) is 0.105. The first-order valence-corrected chi connectivity index (χ1v) is 7.43. The molecule has 0 bridgehead atoms. The largest absolute Gasteiger partial charge is 0.563 e. The van der Waals surface area contributed by atoms with Gasteiger partial charge in [-0.05, 0) is 36.3 Å². The predicted octanol–water partition coefficient (Wildman–Crippen LogP) is 5.24. The monoisotopic (exact) mass is 542 g/mol. The predicted molar refractivity (Wildman–Crippen MR) is 95.4 cm³/mol. The molecule has 0 spiro atoms. The summed E-state index contributed by atoms with van der Waals surface area (Å²) in [5.74, 6) is 5.33. The number of rotatable bonds is 5. The van der Waals surface area contributed by atoms with Gasteiger partial charge < -0.3 is 15.6 Å². The summed E-state index contributed by atoms with van der Waals surface area (Å²) in [6.45, 7) is 3.39. The summed E-state index contributed by atoms with van der Waals surface area (Å²) in [7, 11) is 1.70. The molecule has 0 saturated carbocycles. The Morgan fingerprint density at radius 1 is 1.22 bits per heavy atom. The van der Waals surface area contributed by atoms with E-state index in [1.54, 1.807) is 25.2 Å². The van der Waals surface area contributed by atoms with Gasteiger partial charge in [0, 0.05) is 44.9 Å². The third-order valence-corrected chi connectivity index (χ3v) is 3.32. The zero-order valence-corrected chi connectivity index (χ0v) is 17.2. The van der Waals surface area contributed by atoms with Crippen molar-refractivity contribution < 1.29 is 39.1 Å². The Labute approximate surface area is 169 Å². The summed E-state index contributed by atoms with van der Waals surface area (Å²) < 4.78 is 37.7. The van der Waals surface area contributed by atoms with Gasteiger partial charge in [0.1, 0.15) is 5.71 Å². The van der Waals surface area contributed by atoms with Crippen LogP contribution in [0.2, 0.25) is 0 Å². The number of anilines is 1. The minimum atomic E-state index is -4.39. The van der Waals surface area contributed by atoms with E-state index in [9.17, 15) is 13.2 Å². The van der Waals surface area contributed by atoms with Gasteiger partial charge in [-0.2, -0.15) is 13.2 Å². The molecule has 0 amide bonds. The maximum absolute atomic E-state index is 12.6. The molecule has 2 aromatic rings. The summed E-state index contributed by atoms with van der Waals surface area (Å²) in [6, 6.07) is 9.47. The number of benzene rings is 2. The van der Waals surface area contributed by atoms with Crippen LogP contribution < -0.4 is 5.32 Å². The van der Waals surface area contributed by atoms with Gasteiger partial charge in [-0.25, -0.2) is 0 Å². The molecule has 0 fully saturated rings. The summed E-state index contributed by atoms with van der Waals surface area (Å²) >= 11 is 0. The van der Waals surface area contributed by atoms with Gasteiger partial charge in [0.05, 0.1) is 11.8 Å². The van der Waals surface area contributed by atoms with E-state index in [2.05, 4.69) is 29.2 Å². The van der Waals surface area contributed by atoms with Crippen molar-refractivity contribution in [3.05, 3.63) is 77.5 Å². The Balaban J connectivity index is 0.00000364. The number of hydrogen-bond donors (Lipinski definition) is 2. The van der Waals surface area contributed by atoms with Crippen LogP contribution in [0, 0.1) is 17.3 Å².